The van der Waals surface area contributed by atoms with Gasteiger partial charge in [-0.05, 0) is 23.5 Å². The molecule has 126 valence electrons. The fourth-order valence-corrected chi connectivity index (χ4v) is 5.42. The normalized spacial score (nSPS) is 25.2. The Morgan fingerprint density at radius 1 is 0.875 bits per heavy atom. The van der Waals surface area contributed by atoms with Gasteiger partial charge in [-0.1, -0.05) is 60.7 Å². The van der Waals surface area contributed by atoms with Gasteiger partial charge in [-0.2, -0.15) is 0 Å². The number of rotatable bonds is 4. The van der Waals surface area contributed by atoms with E-state index in [0.29, 0.717) is 30.5 Å². The fraction of sp³-hybridized carbons (Fsp3) is 0.400. The lowest BCUT2D eigenvalue weighted by Gasteiger charge is -2.28. The molecule has 4 heteroatoms. The molecule has 24 heavy (non-hydrogen) atoms. The lowest BCUT2D eigenvalue weighted by Crippen LogP contribution is -2.41. The van der Waals surface area contributed by atoms with E-state index < -0.39 is 9.84 Å². The largest absolute Gasteiger partial charge is 0.301 e. The summed E-state index contributed by atoms with van der Waals surface area (Å²) in [5, 5.41) is 0. The van der Waals surface area contributed by atoms with Crippen molar-refractivity contribution in [2.45, 2.75) is 11.8 Å². The molecule has 4 rings (SSSR count). The van der Waals surface area contributed by atoms with Gasteiger partial charge in [0.25, 0.3) is 0 Å². The summed E-state index contributed by atoms with van der Waals surface area (Å²) in [5.41, 5.74) is 2.86. The van der Waals surface area contributed by atoms with E-state index in [9.17, 15) is 8.42 Å². The Kier molecular flexibility index (Phi) is 3.97. The van der Waals surface area contributed by atoms with E-state index in [1.54, 1.807) is 0 Å². The van der Waals surface area contributed by atoms with Crippen LogP contribution in [0.5, 0.6) is 0 Å². The van der Waals surface area contributed by atoms with Crippen LogP contribution in [0.25, 0.3) is 0 Å². The van der Waals surface area contributed by atoms with Crippen LogP contribution in [0.2, 0.25) is 0 Å². The van der Waals surface area contributed by atoms with Crippen molar-refractivity contribution >= 4 is 9.84 Å². The lowest BCUT2D eigenvalue weighted by atomic mass is 9.85. The van der Waals surface area contributed by atoms with Crippen molar-refractivity contribution in [3.8, 4) is 0 Å². The van der Waals surface area contributed by atoms with E-state index in [0.717, 1.165) is 13.0 Å². The van der Waals surface area contributed by atoms with Gasteiger partial charge >= 0.3 is 0 Å². The summed E-state index contributed by atoms with van der Waals surface area (Å²) in [6.07, 6.45) is 1.14. The van der Waals surface area contributed by atoms with Crippen molar-refractivity contribution in [2.24, 2.45) is 5.92 Å². The second-order valence-corrected chi connectivity index (χ2v) is 9.36. The van der Waals surface area contributed by atoms with Crippen molar-refractivity contribution in [3.63, 3.8) is 0 Å². The monoisotopic (exact) mass is 341 g/mol. The molecule has 1 heterocycles. The molecule has 2 aromatic rings. The highest BCUT2D eigenvalue weighted by Gasteiger charge is 2.56. The minimum atomic E-state index is -2.81. The molecule has 1 aliphatic heterocycles. The molecule has 2 fully saturated rings. The SMILES string of the molecule is O=S1(=O)CCN(CC2CC2(c2ccccc2)c2ccccc2)CC1. The van der Waals surface area contributed by atoms with E-state index in [-0.39, 0.29) is 5.41 Å². The molecular formula is C20H23NO2S. The summed E-state index contributed by atoms with van der Waals surface area (Å²) in [4.78, 5) is 2.33. The van der Waals surface area contributed by atoms with E-state index in [1.807, 2.05) is 0 Å². The topological polar surface area (TPSA) is 37.4 Å². The van der Waals surface area contributed by atoms with Gasteiger partial charge in [0.2, 0.25) is 0 Å². The predicted octanol–water partition coefficient (Wildman–Crippen LogP) is 2.72. The van der Waals surface area contributed by atoms with Crippen molar-refractivity contribution in [1.82, 2.24) is 4.90 Å². The Balaban J connectivity index is 1.57. The maximum absolute atomic E-state index is 11.6. The van der Waals surface area contributed by atoms with Crippen LogP contribution in [-0.4, -0.2) is 44.5 Å². The third-order valence-corrected chi connectivity index (χ3v) is 7.21. The van der Waals surface area contributed by atoms with Gasteiger partial charge in [0.1, 0.15) is 0 Å². The van der Waals surface area contributed by atoms with Crippen LogP contribution < -0.4 is 0 Å². The molecule has 0 aromatic heterocycles. The molecule has 0 N–H and O–H groups in total. The van der Waals surface area contributed by atoms with Gasteiger partial charge in [0.15, 0.2) is 9.84 Å². The van der Waals surface area contributed by atoms with Crippen LogP contribution in [0, 0.1) is 5.92 Å². The Bertz CT molecular complexity index is 749. The number of nitrogens with zero attached hydrogens (tertiary/aromatic N) is 1. The second-order valence-electron chi connectivity index (χ2n) is 7.06. The predicted molar refractivity (Wildman–Crippen MR) is 96.9 cm³/mol. The molecule has 2 aromatic carbocycles. The van der Waals surface area contributed by atoms with Crippen molar-refractivity contribution < 1.29 is 8.42 Å². The Labute approximate surface area is 144 Å². The van der Waals surface area contributed by atoms with E-state index in [2.05, 4.69) is 65.6 Å². The zero-order valence-corrected chi connectivity index (χ0v) is 14.6. The molecule has 0 bridgehead atoms. The number of hydrogen-bond acceptors (Lipinski definition) is 3. The fourth-order valence-electron chi connectivity index (χ4n) is 4.14. The highest BCUT2D eigenvalue weighted by Crippen LogP contribution is 2.59. The van der Waals surface area contributed by atoms with E-state index >= 15 is 0 Å². The molecule has 2 aliphatic rings. The van der Waals surface area contributed by atoms with Crippen LogP contribution in [0.4, 0.5) is 0 Å². The highest BCUT2D eigenvalue weighted by atomic mass is 32.2. The molecule has 0 spiro atoms. The first-order valence-corrected chi connectivity index (χ1v) is 10.5. The third kappa shape index (κ3) is 2.89. The first-order valence-electron chi connectivity index (χ1n) is 8.64. The molecule has 3 nitrogen and oxygen atoms in total. The van der Waals surface area contributed by atoms with Crippen LogP contribution in [0.1, 0.15) is 17.5 Å². The summed E-state index contributed by atoms with van der Waals surface area (Å²) < 4.78 is 23.3. The van der Waals surface area contributed by atoms with Gasteiger partial charge in [0, 0.05) is 25.0 Å². The van der Waals surface area contributed by atoms with Gasteiger partial charge in [-0.25, -0.2) is 8.42 Å². The number of benzene rings is 2. The average molecular weight is 341 g/mol. The van der Waals surface area contributed by atoms with Crippen molar-refractivity contribution in [3.05, 3.63) is 71.8 Å². The molecule has 1 unspecified atom stereocenters. The van der Waals surface area contributed by atoms with Crippen LogP contribution in [-0.2, 0) is 15.3 Å². The maximum atomic E-state index is 11.6. The summed E-state index contributed by atoms with van der Waals surface area (Å²) >= 11 is 0. The van der Waals surface area contributed by atoms with E-state index in [1.165, 1.54) is 11.1 Å². The highest BCUT2D eigenvalue weighted by molar-refractivity contribution is 7.91. The summed E-state index contributed by atoms with van der Waals surface area (Å²) in [7, 11) is -2.81. The number of sulfone groups is 1. The van der Waals surface area contributed by atoms with E-state index in [4.69, 9.17) is 0 Å². The summed E-state index contributed by atoms with van der Waals surface area (Å²) in [6, 6.07) is 21.5. The molecule has 0 amide bonds. The van der Waals surface area contributed by atoms with Gasteiger partial charge in [-0.3, -0.25) is 0 Å². The molecule has 1 saturated heterocycles. The lowest BCUT2D eigenvalue weighted by molar-refractivity contribution is 0.277. The standard InChI is InChI=1S/C20H23NO2S/c22-24(23)13-11-21(12-14-24)16-19-15-20(19,17-7-3-1-4-8-17)18-9-5-2-6-10-18/h1-10,19H,11-16H2. The molecule has 1 atom stereocenters. The van der Waals surface area contributed by atoms with Gasteiger partial charge < -0.3 is 4.90 Å². The average Bonchev–Trinajstić information content (AvgIpc) is 3.34. The maximum Gasteiger partial charge on any atom is 0.152 e. The molecule has 0 radical (unpaired) electrons. The Morgan fingerprint density at radius 2 is 1.38 bits per heavy atom. The van der Waals surface area contributed by atoms with Crippen molar-refractivity contribution in [2.75, 3.05) is 31.1 Å². The second kappa shape index (κ2) is 6.01. The smallest absolute Gasteiger partial charge is 0.152 e. The van der Waals surface area contributed by atoms with Crippen molar-refractivity contribution in [1.29, 1.82) is 0 Å². The molecule has 1 saturated carbocycles. The Hall–Kier alpha value is -1.65. The van der Waals surface area contributed by atoms with Crippen LogP contribution in [0.15, 0.2) is 60.7 Å². The van der Waals surface area contributed by atoms with Gasteiger partial charge in [0.05, 0.1) is 11.5 Å². The first kappa shape index (κ1) is 15.9. The zero-order chi connectivity index (χ0) is 16.6. The number of hydrogen-bond donors (Lipinski definition) is 0. The summed E-state index contributed by atoms with van der Waals surface area (Å²) in [6.45, 7) is 2.34. The van der Waals surface area contributed by atoms with Crippen LogP contribution in [0.3, 0.4) is 0 Å². The Morgan fingerprint density at radius 3 is 1.88 bits per heavy atom. The zero-order valence-electron chi connectivity index (χ0n) is 13.8. The van der Waals surface area contributed by atoms with Gasteiger partial charge in [-0.15, -0.1) is 0 Å². The minimum absolute atomic E-state index is 0.0961. The van der Waals surface area contributed by atoms with Crippen LogP contribution >= 0.6 is 0 Å². The first-order chi connectivity index (χ1) is 11.6. The third-order valence-electron chi connectivity index (χ3n) is 5.60. The molecular weight excluding hydrogens is 318 g/mol. The quantitative estimate of drug-likeness (QED) is 0.858. The molecule has 1 aliphatic carbocycles. The summed E-state index contributed by atoms with van der Waals surface area (Å²) in [5.74, 6) is 1.18. The minimum Gasteiger partial charge on any atom is -0.301 e.